The average Bonchev–Trinajstić information content (AvgIpc) is 2.86. The van der Waals surface area contributed by atoms with E-state index in [1.165, 1.54) is 12.1 Å². The second kappa shape index (κ2) is 6.11. The van der Waals surface area contributed by atoms with Gasteiger partial charge in [0, 0.05) is 28.7 Å². The zero-order valence-electron chi connectivity index (χ0n) is 13.2. The summed E-state index contributed by atoms with van der Waals surface area (Å²) >= 11 is 0. The fourth-order valence-corrected chi connectivity index (χ4v) is 3.15. The van der Waals surface area contributed by atoms with Gasteiger partial charge in [-0.3, -0.25) is 4.72 Å². The second-order valence-corrected chi connectivity index (χ2v) is 7.59. The van der Waals surface area contributed by atoms with Gasteiger partial charge in [0.25, 0.3) is 0 Å². The summed E-state index contributed by atoms with van der Waals surface area (Å²) in [5.41, 5.74) is 2.17. The van der Waals surface area contributed by atoms with Gasteiger partial charge < -0.3 is 4.98 Å². The molecule has 4 nitrogen and oxygen atoms in total. The Morgan fingerprint density at radius 1 is 1.04 bits per heavy atom. The molecule has 2 aromatic carbocycles. The number of hydrogen-bond acceptors (Lipinski definition) is 2. The molecule has 0 aliphatic heterocycles. The van der Waals surface area contributed by atoms with Gasteiger partial charge in [0.1, 0.15) is 0 Å². The first-order valence-corrected chi connectivity index (χ1v) is 9.25. The van der Waals surface area contributed by atoms with Crippen molar-refractivity contribution in [3.8, 4) is 0 Å². The Labute approximate surface area is 142 Å². The predicted molar refractivity (Wildman–Crippen MR) is 91.0 cm³/mol. The van der Waals surface area contributed by atoms with E-state index in [2.05, 4.69) is 9.71 Å². The standard InChI is InChI=1S/C17H15F3N2O2S/c1-25(23,24)22-14-6-7-16-12(9-14)10-15(21-16)8-11-2-4-13(5-3-11)17(18,19)20/h2-7,9-10,21-22H,8H2,1H3. The number of sulfonamides is 1. The first-order chi connectivity index (χ1) is 11.6. The second-order valence-electron chi connectivity index (χ2n) is 5.84. The van der Waals surface area contributed by atoms with Gasteiger partial charge in [-0.05, 0) is 42.0 Å². The van der Waals surface area contributed by atoms with Crippen LogP contribution in [0, 0.1) is 0 Å². The van der Waals surface area contributed by atoms with E-state index in [0.717, 1.165) is 40.5 Å². The van der Waals surface area contributed by atoms with Crippen LogP contribution in [0.2, 0.25) is 0 Å². The molecule has 0 saturated heterocycles. The van der Waals surface area contributed by atoms with Gasteiger partial charge in [-0.15, -0.1) is 0 Å². The minimum atomic E-state index is -4.34. The number of benzene rings is 2. The minimum Gasteiger partial charge on any atom is -0.358 e. The molecule has 25 heavy (non-hydrogen) atoms. The third-order valence-electron chi connectivity index (χ3n) is 3.66. The van der Waals surface area contributed by atoms with Crippen LogP contribution >= 0.6 is 0 Å². The van der Waals surface area contributed by atoms with Crippen LogP contribution < -0.4 is 4.72 Å². The van der Waals surface area contributed by atoms with Crippen molar-refractivity contribution in [2.45, 2.75) is 12.6 Å². The van der Waals surface area contributed by atoms with Crippen LogP contribution in [-0.2, 0) is 22.6 Å². The van der Waals surface area contributed by atoms with Gasteiger partial charge in [-0.1, -0.05) is 12.1 Å². The SMILES string of the molecule is CS(=O)(=O)Nc1ccc2[nH]c(Cc3ccc(C(F)(F)F)cc3)cc2c1. The van der Waals surface area contributed by atoms with Gasteiger partial charge in [0.05, 0.1) is 11.8 Å². The molecule has 0 aliphatic rings. The zero-order chi connectivity index (χ0) is 18.2. The first-order valence-electron chi connectivity index (χ1n) is 7.36. The highest BCUT2D eigenvalue weighted by Crippen LogP contribution is 2.29. The fraction of sp³-hybridized carbons (Fsp3) is 0.176. The Bertz CT molecular complexity index is 1010. The molecule has 0 spiro atoms. The van der Waals surface area contributed by atoms with Gasteiger partial charge in [-0.2, -0.15) is 13.2 Å². The number of nitrogens with one attached hydrogen (secondary N) is 2. The molecule has 1 aromatic heterocycles. The quantitative estimate of drug-likeness (QED) is 0.727. The normalized spacial score (nSPS) is 12.5. The molecular formula is C17H15F3N2O2S. The molecule has 2 N–H and O–H groups in total. The van der Waals surface area contributed by atoms with Crippen LogP contribution in [0.15, 0.2) is 48.5 Å². The lowest BCUT2D eigenvalue weighted by atomic mass is 10.1. The van der Waals surface area contributed by atoms with E-state index in [-0.39, 0.29) is 0 Å². The number of aromatic nitrogens is 1. The van der Waals surface area contributed by atoms with Gasteiger partial charge >= 0.3 is 6.18 Å². The van der Waals surface area contributed by atoms with Crippen LogP contribution in [0.25, 0.3) is 10.9 Å². The summed E-state index contributed by atoms with van der Waals surface area (Å²) in [5, 5.41) is 0.815. The number of anilines is 1. The van der Waals surface area contributed by atoms with Gasteiger partial charge in [0.15, 0.2) is 0 Å². The van der Waals surface area contributed by atoms with Crippen LogP contribution in [0.5, 0.6) is 0 Å². The summed E-state index contributed by atoms with van der Waals surface area (Å²) in [4.78, 5) is 3.18. The summed E-state index contributed by atoms with van der Waals surface area (Å²) in [6.45, 7) is 0. The van der Waals surface area contributed by atoms with Gasteiger partial charge in [0.2, 0.25) is 10.0 Å². The Balaban J connectivity index is 1.82. The number of aromatic amines is 1. The summed E-state index contributed by atoms with van der Waals surface area (Å²) < 4.78 is 62.7. The van der Waals surface area contributed by atoms with Crippen molar-refractivity contribution in [1.29, 1.82) is 0 Å². The first kappa shape index (κ1) is 17.3. The predicted octanol–water partition coefficient (Wildman–Crippen LogP) is 4.15. The fourth-order valence-electron chi connectivity index (χ4n) is 2.60. The molecule has 0 bridgehead atoms. The van der Waals surface area contributed by atoms with Crippen molar-refractivity contribution >= 4 is 26.6 Å². The summed E-state index contributed by atoms with van der Waals surface area (Å²) in [7, 11) is -3.36. The lowest BCUT2D eigenvalue weighted by molar-refractivity contribution is -0.137. The third-order valence-corrected chi connectivity index (χ3v) is 4.26. The minimum absolute atomic E-state index is 0.446. The molecular weight excluding hydrogens is 353 g/mol. The highest BCUT2D eigenvalue weighted by molar-refractivity contribution is 7.92. The van der Waals surface area contributed by atoms with Crippen molar-refractivity contribution in [1.82, 2.24) is 4.98 Å². The number of H-pyrrole nitrogens is 1. The molecule has 0 unspecified atom stereocenters. The Hall–Kier alpha value is -2.48. The summed E-state index contributed by atoms with van der Waals surface area (Å²) in [6, 6.07) is 12.0. The third kappa shape index (κ3) is 4.33. The topological polar surface area (TPSA) is 62.0 Å². The maximum atomic E-state index is 12.6. The van der Waals surface area contributed by atoms with Crippen molar-refractivity contribution in [2.24, 2.45) is 0 Å². The van der Waals surface area contributed by atoms with E-state index in [1.54, 1.807) is 18.2 Å². The number of fused-ring (bicyclic) bond motifs is 1. The largest absolute Gasteiger partial charge is 0.416 e. The van der Waals surface area contributed by atoms with Crippen LogP contribution in [0.1, 0.15) is 16.8 Å². The lowest BCUT2D eigenvalue weighted by Gasteiger charge is -2.07. The van der Waals surface area contributed by atoms with E-state index in [0.29, 0.717) is 12.1 Å². The monoisotopic (exact) mass is 368 g/mol. The molecule has 1 heterocycles. The van der Waals surface area contributed by atoms with Crippen molar-refractivity contribution in [2.75, 3.05) is 11.0 Å². The molecule has 0 fully saturated rings. The molecule has 0 radical (unpaired) electrons. The molecule has 8 heteroatoms. The Morgan fingerprint density at radius 3 is 2.32 bits per heavy atom. The summed E-state index contributed by atoms with van der Waals surface area (Å²) in [5.74, 6) is 0. The molecule has 3 rings (SSSR count). The van der Waals surface area contributed by atoms with Crippen LogP contribution in [-0.4, -0.2) is 19.7 Å². The van der Waals surface area contributed by atoms with E-state index >= 15 is 0 Å². The molecule has 3 aromatic rings. The molecule has 0 aliphatic carbocycles. The number of hydrogen-bond donors (Lipinski definition) is 2. The highest BCUT2D eigenvalue weighted by Gasteiger charge is 2.29. The smallest absolute Gasteiger partial charge is 0.358 e. The highest BCUT2D eigenvalue weighted by atomic mass is 32.2. The maximum Gasteiger partial charge on any atom is 0.416 e. The molecule has 132 valence electrons. The molecule has 0 atom stereocenters. The summed E-state index contributed by atoms with van der Waals surface area (Å²) in [6.07, 6.45) is -2.82. The van der Waals surface area contributed by atoms with E-state index in [9.17, 15) is 21.6 Å². The van der Waals surface area contributed by atoms with E-state index in [1.807, 2.05) is 6.07 Å². The Morgan fingerprint density at radius 2 is 1.72 bits per heavy atom. The van der Waals surface area contributed by atoms with Crippen molar-refractivity contribution in [3.63, 3.8) is 0 Å². The molecule has 0 saturated carbocycles. The zero-order valence-corrected chi connectivity index (χ0v) is 14.0. The average molecular weight is 368 g/mol. The number of rotatable bonds is 4. The van der Waals surface area contributed by atoms with E-state index in [4.69, 9.17) is 0 Å². The van der Waals surface area contributed by atoms with Gasteiger partial charge in [-0.25, -0.2) is 8.42 Å². The number of halogens is 3. The van der Waals surface area contributed by atoms with Crippen molar-refractivity contribution in [3.05, 3.63) is 65.4 Å². The maximum absolute atomic E-state index is 12.6. The van der Waals surface area contributed by atoms with Crippen LogP contribution in [0.4, 0.5) is 18.9 Å². The van der Waals surface area contributed by atoms with Crippen molar-refractivity contribution < 1.29 is 21.6 Å². The Kier molecular flexibility index (Phi) is 4.24. The molecule has 0 amide bonds. The van der Waals surface area contributed by atoms with E-state index < -0.39 is 21.8 Å². The van der Waals surface area contributed by atoms with Crippen LogP contribution in [0.3, 0.4) is 0 Å². The number of alkyl halides is 3. The lowest BCUT2D eigenvalue weighted by Crippen LogP contribution is -2.09.